The highest BCUT2D eigenvalue weighted by Crippen LogP contribution is 2.25. The number of hydrogen-bond donors (Lipinski definition) is 3. The number of pyridine rings is 2. The van der Waals surface area contributed by atoms with E-state index in [-0.39, 0.29) is 6.10 Å². The zero-order valence-corrected chi connectivity index (χ0v) is 14.4. The number of aromatic nitrogens is 2. The summed E-state index contributed by atoms with van der Waals surface area (Å²) in [5, 5.41) is 4.81. The van der Waals surface area contributed by atoms with E-state index in [1.807, 2.05) is 31.2 Å². The first kappa shape index (κ1) is 16.2. The third-order valence-corrected chi connectivity index (χ3v) is 4.35. The number of anilines is 2. The SMILES string of the molecule is Cc1nc(N)c2cnc(N)cc2c1C#Cc1ccc(OC2CNC2)cc1. The van der Waals surface area contributed by atoms with Crippen LogP contribution in [-0.2, 0) is 0 Å². The lowest BCUT2D eigenvalue weighted by molar-refractivity contribution is 0.142. The summed E-state index contributed by atoms with van der Waals surface area (Å²) >= 11 is 0. The van der Waals surface area contributed by atoms with E-state index in [2.05, 4.69) is 27.1 Å². The molecule has 1 aliphatic rings. The first-order valence-electron chi connectivity index (χ1n) is 8.41. The smallest absolute Gasteiger partial charge is 0.133 e. The average Bonchev–Trinajstić information content (AvgIpc) is 2.59. The van der Waals surface area contributed by atoms with Crippen molar-refractivity contribution in [1.82, 2.24) is 15.3 Å². The molecule has 0 amide bonds. The van der Waals surface area contributed by atoms with Crippen molar-refractivity contribution in [2.45, 2.75) is 13.0 Å². The van der Waals surface area contributed by atoms with Crippen molar-refractivity contribution in [2.75, 3.05) is 24.6 Å². The van der Waals surface area contributed by atoms with E-state index in [0.717, 1.165) is 46.4 Å². The molecule has 1 saturated heterocycles. The minimum Gasteiger partial charge on any atom is -0.488 e. The van der Waals surface area contributed by atoms with Gasteiger partial charge in [0.05, 0.1) is 11.3 Å². The van der Waals surface area contributed by atoms with Crippen LogP contribution in [0.5, 0.6) is 5.75 Å². The quantitative estimate of drug-likeness (QED) is 0.613. The van der Waals surface area contributed by atoms with Crippen LogP contribution in [0.15, 0.2) is 36.5 Å². The number of nitrogens with zero attached hydrogens (tertiary/aromatic N) is 2. The van der Waals surface area contributed by atoms with E-state index in [9.17, 15) is 0 Å². The lowest BCUT2D eigenvalue weighted by atomic mass is 10.1. The zero-order valence-electron chi connectivity index (χ0n) is 14.4. The van der Waals surface area contributed by atoms with Crippen molar-refractivity contribution in [3.63, 3.8) is 0 Å². The Morgan fingerprint density at radius 1 is 1.12 bits per heavy atom. The van der Waals surface area contributed by atoms with Crippen LogP contribution in [0.3, 0.4) is 0 Å². The van der Waals surface area contributed by atoms with Crippen LogP contribution < -0.4 is 21.5 Å². The van der Waals surface area contributed by atoms with Gasteiger partial charge in [-0.2, -0.15) is 0 Å². The molecule has 2 aromatic heterocycles. The number of nitrogen functional groups attached to an aromatic ring is 2. The molecule has 130 valence electrons. The molecule has 0 bridgehead atoms. The highest BCUT2D eigenvalue weighted by atomic mass is 16.5. The van der Waals surface area contributed by atoms with Gasteiger partial charge in [0.1, 0.15) is 23.5 Å². The standard InChI is InChI=1S/C20H19N5O/c1-12-16(17-8-19(21)24-11-18(17)20(22)25-12)7-4-13-2-5-14(6-3-13)26-15-9-23-10-15/h2-3,5-6,8,11,15,23H,9-10H2,1H3,(H2,21,24)(H2,22,25). The average molecular weight is 345 g/mol. The third-order valence-electron chi connectivity index (χ3n) is 4.35. The van der Waals surface area contributed by atoms with Crippen LogP contribution in [0.1, 0.15) is 16.8 Å². The molecule has 0 aliphatic carbocycles. The Kier molecular flexibility index (Phi) is 4.07. The number of hydrogen-bond acceptors (Lipinski definition) is 6. The summed E-state index contributed by atoms with van der Waals surface area (Å²) in [6, 6.07) is 9.57. The fourth-order valence-corrected chi connectivity index (χ4v) is 2.82. The van der Waals surface area contributed by atoms with Crippen molar-refractivity contribution in [3.05, 3.63) is 53.3 Å². The summed E-state index contributed by atoms with van der Waals surface area (Å²) in [4.78, 5) is 8.47. The molecule has 5 N–H and O–H groups in total. The van der Waals surface area contributed by atoms with Gasteiger partial charge in [-0.15, -0.1) is 0 Å². The fourth-order valence-electron chi connectivity index (χ4n) is 2.82. The van der Waals surface area contributed by atoms with Crippen molar-refractivity contribution in [3.8, 4) is 17.6 Å². The van der Waals surface area contributed by atoms with Gasteiger partial charge in [0.25, 0.3) is 0 Å². The van der Waals surface area contributed by atoms with Crippen LogP contribution >= 0.6 is 0 Å². The predicted molar refractivity (Wildman–Crippen MR) is 103 cm³/mol. The van der Waals surface area contributed by atoms with Crippen molar-refractivity contribution >= 4 is 22.4 Å². The van der Waals surface area contributed by atoms with E-state index in [0.29, 0.717) is 11.6 Å². The molecule has 1 aromatic carbocycles. The van der Waals surface area contributed by atoms with Gasteiger partial charge < -0.3 is 21.5 Å². The highest BCUT2D eigenvalue weighted by molar-refractivity contribution is 5.96. The molecule has 26 heavy (non-hydrogen) atoms. The van der Waals surface area contributed by atoms with Crippen LogP contribution in [0.2, 0.25) is 0 Å². The lowest BCUT2D eigenvalue weighted by Gasteiger charge is -2.27. The predicted octanol–water partition coefficient (Wildman–Crippen LogP) is 1.85. The maximum Gasteiger partial charge on any atom is 0.133 e. The van der Waals surface area contributed by atoms with E-state index >= 15 is 0 Å². The number of aryl methyl sites for hydroxylation is 1. The first-order chi connectivity index (χ1) is 12.6. The monoisotopic (exact) mass is 345 g/mol. The highest BCUT2D eigenvalue weighted by Gasteiger charge is 2.17. The molecule has 4 rings (SSSR count). The van der Waals surface area contributed by atoms with Gasteiger partial charge in [-0.3, -0.25) is 0 Å². The molecular formula is C20H19N5O. The minimum atomic E-state index is 0.265. The van der Waals surface area contributed by atoms with E-state index < -0.39 is 0 Å². The van der Waals surface area contributed by atoms with E-state index in [1.165, 1.54) is 0 Å². The molecule has 0 spiro atoms. The van der Waals surface area contributed by atoms with Gasteiger partial charge in [-0.25, -0.2) is 9.97 Å². The Morgan fingerprint density at radius 2 is 1.88 bits per heavy atom. The molecule has 0 saturated carbocycles. The van der Waals surface area contributed by atoms with Gasteiger partial charge in [0.15, 0.2) is 0 Å². The Labute approximate surface area is 151 Å². The molecule has 6 nitrogen and oxygen atoms in total. The molecule has 1 aliphatic heterocycles. The third kappa shape index (κ3) is 3.13. The number of nitrogens with two attached hydrogens (primary N) is 2. The second-order valence-corrected chi connectivity index (χ2v) is 6.28. The number of benzene rings is 1. The molecule has 6 heteroatoms. The Bertz CT molecular complexity index is 1030. The maximum absolute atomic E-state index is 6.00. The van der Waals surface area contributed by atoms with Gasteiger partial charge in [0, 0.05) is 35.6 Å². The summed E-state index contributed by atoms with van der Waals surface area (Å²) in [5.74, 6) is 8.11. The Morgan fingerprint density at radius 3 is 2.58 bits per heavy atom. The van der Waals surface area contributed by atoms with Crippen LogP contribution in [-0.4, -0.2) is 29.2 Å². The fraction of sp³-hybridized carbons (Fsp3) is 0.200. The largest absolute Gasteiger partial charge is 0.488 e. The molecule has 3 aromatic rings. The lowest BCUT2D eigenvalue weighted by Crippen LogP contribution is -2.50. The summed E-state index contributed by atoms with van der Waals surface area (Å²) in [7, 11) is 0. The van der Waals surface area contributed by atoms with Crippen molar-refractivity contribution < 1.29 is 4.74 Å². The summed E-state index contributed by atoms with van der Waals surface area (Å²) in [6.45, 7) is 3.69. The van der Waals surface area contributed by atoms with Crippen LogP contribution in [0.4, 0.5) is 11.6 Å². The topological polar surface area (TPSA) is 99.1 Å². The number of rotatable bonds is 2. The van der Waals surface area contributed by atoms with E-state index in [4.69, 9.17) is 16.2 Å². The zero-order chi connectivity index (χ0) is 18.1. The van der Waals surface area contributed by atoms with Crippen molar-refractivity contribution in [2.24, 2.45) is 0 Å². The van der Waals surface area contributed by atoms with Crippen molar-refractivity contribution in [1.29, 1.82) is 0 Å². The second kappa shape index (κ2) is 6.54. The normalized spacial score (nSPS) is 13.7. The van der Waals surface area contributed by atoms with Crippen LogP contribution in [0.25, 0.3) is 10.8 Å². The number of nitrogens with one attached hydrogen (secondary N) is 1. The number of fused-ring (bicyclic) bond motifs is 1. The summed E-state index contributed by atoms with van der Waals surface area (Å²) in [5.41, 5.74) is 14.3. The van der Waals surface area contributed by atoms with Gasteiger partial charge in [0.2, 0.25) is 0 Å². The van der Waals surface area contributed by atoms with Gasteiger partial charge >= 0.3 is 0 Å². The summed E-state index contributed by atoms with van der Waals surface area (Å²) < 4.78 is 5.82. The molecule has 0 atom stereocenters. The molecule has 1 fully saturated rings. The minimum absolute atomic E-state index is 0.265. The van der Waals surface area contributed by atoms with Gasteiger partial charge in [-0.05, 0) is 37.3 Å². The van der Waals surface area contributed by atoms with Gasteiger partial charge in [-0.1, -0.05) is 11.8 Å². The second-order valence-electron chi connectivity index (χ2n) is 6.28. The van der Waals surface area contributed by atoms with Crippen LogP contribution in [0, 0.1) is 18.8 Å². The Balaban J connectivity index is 1.66. The maximum atomic E-state index is 6.00. The molecule has 0 radical (unpaired) electrons. The summed E-state index contributed by atoms with van der Waals surface area (Å²) in [6.07, 6.45) is 1.90. The Hall–Kier alpha value is -3.30. The molecule has 0 unspecified atom stereocenters. The molecule has 3 heterocycles. The first-order valence-corrected chi connectivity index (χ1v) is 8.41. The van der Waals surface area contributed by atoms with E-state index in [1.54, 1.807) is 12.3 Å². The number of ether oxygens (including phenoxy) is 1. The molecular weight excluding hydrogens is 326 g/mol.